The lowest BCUT2D eigenvalue weighted by molar-refractivity contribution is -0.130. The van der Waals surface area contributed by atoms with Crippen molar-refractivity contribution in [3.05, 3.63) is 29.3 Å². The highest BCUT2D eigenvalue weighted by molar-refractivity contribution is 14.0. The first-order chi connectivity index (χ1) is 12.6. The van der Waals surface area contributed by atoms with Crippen molar-refractivity contribution in [2.45, 2.75) is 33.2 Å². The van der Waals surface area contributed by atoms with Crippen LogP contribution in [0.2, 0.25) is 0 Å². The molecule has 0 spiro atoms. The number of nitrogens with zero attached hydrogens (tertiary/aromatic N) is 4. The molecular weight excluding hydrogens is 453 g/mol. The summed E-state index contributed by atoms with van der Waals surface area (Å²) in [4.78, 5) is 22.9. The highest BCUT2D eigenvalue weighted by atomic mass is 127. The second-order valence-electron chi connectivity index (χ2n) is 7.15. The predicted molar refractivity (Wildman–Crippen MR) is 122 cm³/mol. The molecule has 150 valence electrons. The summed E-state index contributed by atoms with van der Waals surface area (Å²) in [7, 11) is 2.17. The van der Waals surface area contributed by atoms with Crippen LogP contribution in [-0.4, -0.2) is 68.0 Å². The van der Waals surface area contributed by atoms with Gasteiger partial charge in [0, 0.05) is 58.9 Å². The van der Waals surface area contributed by atoms with Crippen LogP contribution in [-0.2, 0) is 17.8 Å². The quantitative estimate of drug-likeness (QED) is 0.406. The zero-order chi connectivity index (χ0) is 18.5. The first-order valence-electron chi connectivity index (χ1n) is 9.70. The Balaban J connectivity index is 0.00000261. The van der Waals surface area contributed by atoms with Gasteiger partial charge in [-0.15, -0.1) is 24.0 Å². The summed E-state index contributed by atoms with van der Waals surface area (Å²) in [6, 6.07) is 6.74. The van der Waals surface area contributed by atoms with Crippen molar-refractivity contribution < 1.29 is 4.79 Å². The van der Waals surface area contributed by atoms with Gasteiger partial charge in [-0.1, -0.05) is 12.1 Å². The van der Waals surface area contributed by atoms with Crippen LogP contribution < -0.4 is 10.2 Å². The van der Waals surface area contributed by atoms with Crippen LogP contribution in [0.5, 0.6) is 0 Å². The van der Waals surface area contributed by atoms with Crippen LogP contribution in [0.15, 0.2) is 23.2 Å². The molecule has 6 nitrogen and oxygen atoms in total. The van der Waals surface area contributed by atoms with Gasteiger partial charge >= 0.3 is 0 Å². The zero-order valence-electron chi connectivity index (χ0n) is 16.7. The van der Waals surface area contributed by atoms with E-state index in [1.54, 1.807) is 6.92 Å². The number of anilines is 1. The van der Waals surface area contributed by atoms with Gasteiger partial charge in [0.2, 0.25) is 5.91 Å². The molecule has 2 aliphatic rings. The van der Waals surface area contributed by atoms with E-state index in [0.717, 1.165) is 51.6 Å². The van der Waals surface area contributed by atoms with E-state index < -0.39 is 0 Å². The summed E-state index contributed by atoms with van der Waals surface area (Å²) < 4.78 is 0. The Labute approximate surface area is 180 Å². The molecule has 0 saturated carbocycles. The maximum Gasteiger partial charge on any atom is 0.219 e. The molecule has 0 atom stereocenters. The highest BCUT2D eigenvalue weighted by Gasteiger charge is 2.21. The fourth-order valence-corrected chi connectivity index (χ4v) is 3.76. The predicted octanol–water partition coefficient (Wildman–Crippen LogP) is 2.32. The number of halogens is 1. The number of carbonyl (C=O) groups excluding carboxylic acids is 1. The third kappa shape index (κ3) is 5.49. The van der Waals surface area contributed by atoms with Crippen molar-refractivity contribution in [2.24, 2.45) is 4.99 Å². The average Bonchev–Trinajstić information content (AvgIpc) is 2.65. The van der Waals surface area contributed by atoms with E-state index in [2.05, 4.69) is 47.3 Å². The molecular formula is C20H32IN5O. The number of fused-ring (bicyclic) bond motifs is 1. The number of hydrogen-bond donors (Lipinski definition) is 1. The Bertz CT molecular complexity index is 670. The number of rotatable bonds is 3. The first-order valence-corrected chi connectivity index (χ1v) is 9.70. The minimum Gasteiger partial charge on any atom is -0.374 e. The van der Waals surface area contributed by atoms with Gasteiger partial charge in [-0.25, -0.2) is 4.99 Å². The molecule has 0 aliphatic carbocycles. The van der Waals surface area contributed by atoms with Crippen molar-refractivity contribution >= 4 is 41.5 Å². The molecule has 7 heteroatoms. The molecule has 1 aromatic rings. The second-order valence-corrected chi connectivity index (χ2v) is 7.15. The Morgan fingerprint density at radius 3 is 2.52 bits per heavy atom. The Kier molecular flexibility index (Phi) is 8.19. The molecule has 2 aliphatic heterocycles. The minimum absolute atomic E-state index is 0. The number of hydrogen-bond acceptors (Lipinski definition) is 3. The minimum atomic E-state index is 0. The molecule has 2 heterocycles. The van der Waals surface area contributed by atoms with E-state index >= 15 is 0 Å². The first kappa shape index (κ1) is 21.8. The molecule has 1 N–H and O–H groups in total. The molecule has 27 heavy (non-hydrogen) atoms. The fourth-order valence-electron chi connectivity index (χ4n) is 3.76. The molecule has 3 rings (SSSR count). The van der Waals surface area contributed by atoms with Crippen molar-refractivity contribution in [1.29, 1.82) is 0 Å². The van der Waals surface area contributed by atoms with Gasteiger partial charge in [0.25, 0.3) is 0 Å². The van der Waals surface area contributed by atoms with Crippen molar-refractivity contribution in [2.75, 3.05) is 51.2 Å². The number of piperazine rings is 1. The van der Waals surface area contributed by atoms with Gasteiger partial charge in [-0.2, -0.15) is 0 Å². The summed E-state index contributed by atoms with van der Waals surface area (Å²) in [5.74, 6) is 1.11. The lowest BCUT2D eigenvalue weighted by Gasteiger charge is -2.36. The van der Waals surface area contributed by atoms with Gasteiger partial charge in [0.15, 0.2) is 5.96 Å². The third-order valence-corrected chi connectivity index (χ3v) is 5.27. The summed E-state index contributed by atoms with van der Waals surface area (Å²) in [6.45, 7) is 9.61. The summed E-state index contributed by atoms with van der Waals surface area (Å²) in [5.41, 5.74) is 4.06. The van der Waals surface area contributed by atoms with E-state index in [1.807, 2.05) is 4.90 Å². The lowest BCUT2D eigenvalue weighted by Crippen LogP contribution is -2.53. The molecule has 1 fully saturated rings. The van der Waals surface area contributed by atoms with Crippen LogP contribution in [0, 0.1) is 0 Å². The Morgan fingerprint density at radius 2 is 1.85 bits per heavy atom. The summed E-state index contributed by atoms with van der Waals surface area (Å²) >= 11 is 0. The summed E-state index contributed by atoms with van der Waals surface area (Å²) in [6.07, 6.45) is 2.38. The SMILES string of the molecule is CCNC(=NCc1ccc2c(c1)CCCN2C)N1CCN(C(C)=O)CC1.I. The standard InChI is InChI=1S/C20H31N5O.HI/c1-4-21-20(25-12-10-24(11-13-25)16(2)26)22-15-17-7-8-19-18(14-17)6-5-9-23(19)3;/h7-8,14H,4-6,9-13,15H2,1-3H3,(H,21,22);1H. The van der Waals surface area contributed by atoms with Crippen LogP contribution >= 0.6 is 24.0 Å². The van der Waals surface area contributed by atoms with Crippen molar-refractivity contribution in [3.63, 3.8) is 0 Å². The smallest absolute Gasteiger partial charge is 0.219 e. The Hall–Kier alpha value is -1.51. The van der Waals surface area contributed by atoms with Crippen LogP contribution in [0.3, 0.4) is 0 Å². The molecule has 0 unspecified atom stereocenters. The highest BCUT2D eigenvalue weighted by Crippen LogP contribution is 2.27. The molecule has 1 saturated heterocycles. The number of amides is 1. The van der Waals surface area contributed by atoms with Gasteiger partial charge < -0.3 is 20.0 Å². The number of guanidine groups is 1. The van der Waals surface area contributed by atoms with Gasteiger partial charge in [-0.05, 0) is 37.0 Å². The van der Waals surface area contributed by atoms with Gasteiger partial charge in [0.1, 0.15) is 0 Å². The number of carbonyl (C=O) groups is 1. The van der Waals surface area contributed by atoms with Crippen molar-refractivity contribution in [3.8, 4) is 0 Å². The Morgan fingerprint density at radius 1 is 1.15 bits per heavy atom. The maximum absolute atomic E-state index is 11.5. The zero-order valence-corrected chi connectivity index (χ0v) is 19.0. The average molecular weight is 485 g/mol. The monoisotopic (exact) mass is 485 g/mol. The number of benzene rings is 1. The third-order valence-electron chi connectivity index (χ3n) is 5.27. The normalized spacial score (nSPS) is 17.3. The maximum atomic E-state index is 11.5. The fraction of sp³-hybridized carbons (Fsp3) is 0.600. The number of aliphatic imine (C=N–C) groups is 1. The van der Waals surface area contributed by atoms with Crippen LogP contribution in [0.4, 0.5) is 5.69 Å². The lowest BCUT2D eigenvalue weighted by atomic mass is 10.00. The van der Waals surface area contributed by atoms with E-state index in [-0.39, 0.29) is 29.9 Å². The van der Waals surface area contributed by atoms with Crippen molar-refractivity contribution in [1.82, 2.24) is 15.1 Å². The number of aryl methyl sites for hydroxylation is 1. The second kappa shape index (κ2) is 10.1. The van der Waals surface area contributed by atoms with E-state index in [4.69, 9.17) is 4.99 Å². The summed E-state index contributed by atoms with van der Waals surface area (Å²) in [5, 5.41) is 3.40. The van der Waals surface area contributed by atoms with E-state index in [1.165, 1.54) is 23.2 Å². The molecule has 0 radical (unpaired) electrons. The number of nitrogens with one attached hydrogen (secondary N) is 1. The largest absolute Gasteiger partial charge is 0.374 e. The molecule has 1 amide bonds. The molecule has 0 bridgehead atoms. The van der Waals surface area contributed by atoms with E-state index in [0.29, 0.717) is 6.54 Å². The molecule has 0 aromatic heterocycles. The van der Waals surface area contributed by atoms with Crippen LogP contribution in [0.25, 0.3) is 0 Å². The van der Waals surface area contributed by atoms with Crippen LogP contribution in [0.1, 0.15) is 31.4 Å². The van der Waals surface area contributed by atoms with E-state index in [9.17, 15) is 4.79 Å². The van der Waals surface area contributed by atoms with Gasteiger partial charge in [-0.3, -0.25) is 4.79 Å². The topological polar surface area (TPSA) is 51.2 Å². The van der Waals surface area contributed by atoms with Gasteiger partial charge in [0.05, 0.1) is 6.54 Å². The molecule has 1 aromatic carbocycles.